The predicted molar refractivity (Wildman–Crippen MR) is 89.7 cm³/mol. The number of nitrogens with zero attached hydrogens (tertiary/aromatic N) is 1. The Morgan fingerprint density at radius 1 is 1.38 bits per heavy atom. The highest BCUT2D eigenvalue weighted by molar-refractivity contribution is 6.35. The number of carboxylic acid groups (broad SMARTS) is 1. The number of aromatic carboxylic acids is 1. The van der Waals surface area contributed by atoms with E-state index in [1.807, 2.05) is 0 Å². The lowest BCUT2D eigenvalue weighted by atomic mass is 10.1. The van der Waals surface area contributed by atoms with E-state index in [1.54, 1.807) is 13.0 Å². The molecule has 1 saturated heterocycles. The zero-order chi connectivity index (χ0) is 18.9. The molecule has 1 aliphatic heterocycles. The first kappa shape index (κ1) is 19.4. The third-order valence-electron chi connectivity index (χ3n) is 3.62. The summed E-state index contributed by atoms with van der Waals surface area (Å²) in [5.41, 5.74) is 2.35. The van der Waals surface area contributed by atoms with Crippen molar-refractivity contribution in [2.24, 2.45) is 5.10 Å². The van der Waals surface area contributed by atoms with Crippen LogP contribution in [0.4, 0.5) is 0 Å². The summed E-state index contributed by atoms with van der Waals surface area (Å²) in [4.78, 5) is 34.4. The lowest BCUT2D eigenvalue weighted by Crippen LogP contribution is -2.41. The fraction of sp³-hybridized carbons (Fsp3) is 0.412. The van der Waals surface area contributed by atoms with Crippen molar-refractivity contribution in [1.29, 1.82) is 0 Å². The molecule has 0 saturated carbocycles. The molecule has 0 aromatic heterocycles. The molecule has 1 aromatic carbocycles. The van der Waals surface area contributed by atoms with Gasteiger partial charge in [0.1, 0.15) is 5.75 Å². The molecule has 0 bridgehead atoms. The highest BCUT2D eigenvalue weighted by Gasteiger charge is 2.18. The Morgan fingerprint density at radius 3 is 2.85 bits per heavy atom. The van der Waals surface area contributed by atoms with E-state index in [1.165, 1.54) is 18.3 Å². The third-order valence-corrected chi connectivity index (χ3v) is 3.62. The molecule has 2 rings (SSSR count). The van der Waals surface area contributed by atoms with Gasteiger partial charge in [-0.25, -0.2) is 5.43 Å². The van der Waals surface area contributed by atoms with E-state index in [0.717, 1.165) is 12.8 Å². The predicted octanol–water partition coefficient (Wildman–Crippen LogP) is -0.806. The van der Waals surface area contributed by atoms with Crippen LogP contribution in [0.25, 0.3) is 0 Å². The summed E-state index contributed by atoms with van der Waals surface area (Å²) in [6.45, 7) is 2.97. The van der Waals surface area contributed by atoms with Crippen molar-refractivity contribution in [3.05, 3.63) is 29.3 Å². The van der Waals surface area contributed by atoms with Crippen molar-refractivity contribution in [2.75, 3.05) is 19.8 Å². The summed E-state index contributed by atoms with van der Waals surface area (Å²) in [6, 6.07) is 4.32. The van der Waals surface area contributed by atoms with Crippen molar-refractivity contribution >= 4 is 24.0 Å². The molecule has 2 N–H and O–H groups in total. The van der Waals surface area contributed by atoms with Crippen LogP contribution >= 0.6 is 0 Å². The molecule has 1 fully saturated rings. The summed E-state index contributed by atoms with van der Waals surface area (Å²) in [6.07, 6.45) is 2.93. The van der Waals surface area contributed by atoms with E-state index in [0.29, 0.717) is 18.8 Å². The topological polar surface area (TPSA) is 129 Å². The molecule has 1 aliphatic rings. The van der Waals surface area contributed by atoms with Gasteiger partial charge in [-0.05, 0) is 43.5 Å². The van der Waals surface area contributed by atoms with E-state index < -0.39 is 17.8 Å². The number of carbonyl (C=O) groups is 3. The molecule has 0 spiro atoms. The minimum Gasteiger partial charge on any atom is -0.545 e. The molecule has 1 heterocycles. The molecule has 1 aromatic rings. The second-order valence-electron chi connectivity index (χ2n) is 5.52. The third kappa shape index (κ3) is 5.55. The Hall–Kier alpha value is -2.94. The van der Waals surface area contributed by atoms with Crippen LogP contribution in [-0.2, 0) is 14.3 Å². The van der Waals surface area contributed by atoms with Crippen molar-refractivity contribution in [3.63, 3.8) is 0 Å². The summed E-state index contributed by atoms with van der Waals surface area (Å²) >= 11 is 0. The summed E-state index contributed by atoms with van der Waals surface area (Å²) < 4.78 is 10.5. The standard InChI is InChI=1S/C17H21N3O6/c1-2-25-14-6-5-11(8-13(14)17(23)24)9-19-20-16(22)15(21)18-10-12-4-3-7-26-12/h5-6,8-9,12H,2-4,7,10H2,1H3,(H,18,21)(H,20,22)(H,23,24)/p-1/b19-9-/t12-/m1/s1. The van der Waals surface area contributed by atoms with Crippen molar-refractivity contribution in [2.45, 2.75) is 25.9 Å². The summed E-state index contributed by atoms with van der Waals surface area (Å²) in [7, 11) is 0. The number of amides is 2. The highest BCUT2D eigenvalue weighted by Crippen LogP contribution is 2.19. The number of hydrogen-bond acceptors (Lipinski definition) is 7. The molecular formula is C17H20N3O6-. The fourth-order valence-electron chi connectivity index (χ4n) is 2.38. The number of hydrogen-bond donors (Lipinski definition) is 2. The van der Waals surface area contributed by atoms with Crippen LogP contribution in [0.2, 0.25) is 0 Å². The van der Waals surface area contributed by atoms with Gasteiger partial charge in [-0.15, -0.1) is 0 Å². The van der Waals surface area contributed by atoms with Crippen molar-refractivity contribution in [3.8, 4) is 5.75 Å². The SMILES string of the molecule is CCOc1ccc(/C=N\NC(=O)C(=O)NC[C@H]2CCCO2)cc1C(=O)[O-]. The van der Waals surface area contributed by atoms with Crippen molar-refractivity contribution in [1.82, 2.24) is 10.7 Å². The van der Waals surface area contributed by atoms with Crippen LogP contribution in [-0.4, -0.2) is 49.9 Å². The van der Waals surface area contributed by atoms with Gasteiger partial charge in [-0.3, -0.25) is 9.59 Å². The Kier molecular flexibility index (Phi) is 7.10. The van der Waals surface area contributed by atoms with Gasteiger partial charge < -0.3 is 24.7 Å². The zero-order valence-electron chi connectivity index (χ0n) is 14.3. The second-order valence-corrected chi connectivity index (χ2v) is 5.52. The maximum Gasteiger partial charge on any atom is 0.329 e. The Balaban J connectivity index is 1.88. The first-order valence-corrected chi connectivity index (χ1v) is 8.22. The first-order valence-electron chi connectivity index (χ1n) is 8.22. The van der Waals surface area contributed by atoms with Crippen LogP contribution < -0.4 is 20.6 Å². The lowest BCUT2D eigenvalue weighted by Gasteiger charge is -2.11. The Morgan fingerprint density at radius 2 is 2.19 bits per heavy atom. The normalized spacial score (nSPS) is 16.4. The highest BCUT2D eigenvalue weighted by atomic mass is 16.5. The van der Waals surface area contributed by atoms with Crippen molar-refractivity contribution < 1.29 is 29.0 Å². The largest absolute Gasteiger partial charge is 0.545 e. The van der Waals surface area contributed by atoms with E-state index in [2.05, 4.69) is 15.8 Å². The number of carboxylic acids is 1. The number of carbonyl (C=O) groups excluding carboxylic acids is 3. The van der Waals surface area contributed by atoms with Gasteiger partial charge >= 0.3 is 11.8 Å². The maximum atomic E-state index is 11.7. The average Bonchev–Trinajstić information content (AvgIpc) is 3.14. The minimum atomic E-state index is -1.39. The quantitative estimate of drug-likeness (QED) is 0.371. The molecule has 9 heteroatoms. The van der Waals surface area contributed by atoms with Gasteiger partial charge in [0.05, 0.1) is 24.9 Å². The van der Waals surface area contributed by atoms with Gasteiger partial charge in [-0.2, -0.15) is 5.10 Å². The Labute approximate surface area is 150 Å². The van der Waals surface area contributed by atoms with E-state index >= 15 is 0 Å². The number of benzene rings is 1. The average molecular weight is 362 g/mol. The molecule has 9 nitrogen and oxygen atoms in total. The molecule has 0 unspecified atom stereocenters. The second kappa shape index (κ2) is 9.52. The number of ether oxygens (including phenoxy) is 2. The van der Waals surface area contributed by atoms with Gasteiger partial charge in [-0.1, -0.05) is 0 Å². The van der Waals surface area contributed by atoms with Gasteiger partial charge in [0.2, 0.25) is 0 Å². The Bertz CT molecular complexity index is 698. The molecule has 0 aliphatic carbocycles. The first-order chi connectivity index (χ1) is 12.5. The monoisotopic (exact) mass is 362 g/mol. The number of rotatable bonds is 7. The lowest BCUT2D eigenvalue weighted by molar-refractivity contribution is -0.255. The van der Waals surface area contributed by atoms with E-state index in [9.17, 15) is 19.5 Å². The van der Waals surface area contributed by atoms with Gasteiger partial charge in [0, 0.05) is 18.7 Å². The van der Waals surface area contributed by atoms with Gasteiger partial charge in [0.25, 0.3) is 0 Å². The molecule has 1 atom stereocenters. The minimum absolute atomic E-state index is 0.0674. The van der Waals surface area contributed by atoms with E-state index in [-0.39, 0.29) is 24.0 Å². The molecule has 2 amide bonds. The fourth-order valence-corrected chi connectivity index (χ4v) is 2.38. The molecule has 26 heavy (non-hydrogen) atoms. The summed E-state index contributed by atoms with van der Waals surface area (Å²) in [5, 5.41) is 17.2. The van der Waals surface area contributed by atoms with E-state index in [4.69, 9.17) is 9.47 Å². The molecule has 140 valence electrons. The van der Waals surface area contributed by atoms with Crippen LogP contribution in [0.1, 0.15) is 35.7 Å². The van der Waals surface area contributed by atoms with Crippen LogP contribution in [0.3, 0.4) is 0 Å². The molecule has 0 radical (unpaired) electrons. The number of nitrogens with one attached hydrogen (secondary N) is 2. The van der Waals surface area contributed by atoms with Gasteiger partial charge in [0.15, 0.2) is 0 Å². The van der Waals surface area contributed by atoms with Crippen LogP contribution in [0.15, 0.2) is 23.3 Å². The van der Waals surface area contributed by atoms with Crippen LogP contribution in [0, 0.1) is 0 Å². The zero-order valence-corrected chi connectivity index (χ0v) is 14.3. The molecular weight excluding hydrogens is 342 g/mol. The van der Waals surface area contributed by atoms with Crippen LogP contribution in [0.5, 0.6) is 5.75 Å². The smallest absolute Gasteiger partial charge is 0.329 e. The summed E-state index contributed by atoms with van der Waals surface area (Å²) in [5.74, 6) is -2.95. The maximum absolute atomic E-state index is 11.7. The number of hydrazone groups is 1.